The summed E-state index contributed by atoms with van der Waals surface area (Å²) in [6.07, 6.45) is 0.362. The van der Waals surface area contributed by atoms with Gasteiger partial charge in [-0.05, 0) is 18.6 Å². The van der Waals surface area contributed by atoms with Crippen molar-refractivity contribution in [2.45, 2.75) is 12.5 Å². The lowest BCUT2D eigenvalue weighted by Gasteiger charge is -2.27. The average molecular weight is 353 g/mol. The number of carbonyl (C=O) groups is 1. The SMILES string of the molecule is O=C(c1cc(Cl)nc(Cl)c1)N(CCO)C1CCS(=O)(=O)C1. The fraction of sp³-hybridized carbons (Fsp3) is 0.500. The Morgan fingerprint density at radius 3 is 2.48 bits per heavy atom. The van der Waals surface area contributed by atoms with Gasteiger partial charge >= 0.3 is 0 Å². The van der Waals surface area contributed by atoms with Crippen LogP contribution in [0.25, 0.3) is 0 Å². The molecule has 6 nitrogen and oxygen atoms in total. The Balaban J connectivity index is 2.27. The molecule has 0 aliphatic carbocycles. The number of pyridine rings is 1. The van der Waals surface area contributed by atoms with E-state index in [1.165, 1.54) is 17.0 Å². The van der Waals surface area contributed by atoms with Crippen LogP contribution < -0.4 is 0 Å². The molecule has 0 radical (unpaired) electrons. The van der Waals surface area contributed by atoms with Crippen molar-refractivity contribution in [3.63, 3.8) is 0 Å². The highest BCUT2D eigenvalue weighted by atomic mass is 35.5. The van der Waals surface area contributed by atoms with Gasteiger partial charge in [-0.25, -0.2) is 13.4 Å². The first-order valence-electron chi connectivity index (χ1n) is 6.28. The fourth-order valence-electron chi connectivity index (χ4n) is 2.33. The number of hydrogen-bond acceptors (Lipinski definition) is 5. The molecule has 0 saturated carbocycles. The standard InChI is InChI=1S/C12H14Cl2N2O4S/c13-10-5-8(6-11(14)15-10)12(18)16(2-3-17)9-1-4-21(19,20)7-9/h5-6,9,17H,1-4,7H2. The zero-order chi connectivity index (χ0) is 15.6. The normalized spacial score (nSPS) is 20.4. The molecule has 1 aliphatic rings. The average Bonchev–Trinajstić information content (AvgIpc) is 2.74. The lowest BCUT2D eigenvalue weighted by molar-refractivity contribution is 0.0655. The number of amides is 1. The van der Waals surface area contributed by atoms with Crippen molar-refractivity contribution in [1.29, 1.82) is 0 Å². The minimum absolute atomic E-state index is 0.0464. The van der Waals surface area contributed by atoms with E-state index in [0.29, 0.717) is 6.42 Å². The lowest BCUT2D eigenvalue weighted by Crippen LogP contribution is -2.42. The molecule has 2 rings (SSSR count). The highest BCUT2D eigenvalue weighted by Crippen LogP contribution is 2.22. The molecule has 1 aromatic heterocycles. The molecule has 21 heavy (non-hydrogen) atoms. The van der Waals surface area contributed by atoms with E-state index < -0.39 is 21.8 Å². The van der Waals surface area contributed by atoms with Gasteiger partial charge in [-0.2, -0.15) is 0 Å². The summed E-state index contributed by atoms with van der Waals surface area (Å²) in [5, 5.41) is 9.28. The molecule has 0 bridgehead atoms. The number of halogens is 2. The highest BCUT2D eigenvalue weighted by Gasteiger charge is 2.34. The number of carbonyl (C=O) groups excluding carboxylic acids is 1. The Morgan fingerprint density at radius 1 is 1.38 bits per heavy atom. The topological polar surface area (TPSA) is 87.6 Å². The van der Waals surface area contributed by atoms with E-state index in [0.717, 1.165) is 0 Å². The van der Waals surface area contributed by atoms with Crippen molar-refractivity contribution in [3.05, 3.63) is 28.0 Å². The zero-order valence-electron chi connectivity index (χ0n) is 11.0. The Morgan fingerprint density at radius 2 is 2.00 bits per heavy atom. The molecule has 1 aliphatic heterocycles. The van der Waals surface area contributed by atoms with Crippen LogP contribution in [0.1, 0.15) is 16.8 Å². The van der Waals surface area contributed by atoms with Crippen LogP contribution in [0.5, 0.6) is 0 Å². The van der Waals surface area contributed by atoms with Gasteiger partial charge in [0.2, 0.25) is 0 Å². The van der Waals surface area contributed by atoms with Crippen molar-refractivity contribution >= 4 is 38.9 Å². The zero-order valence-corrected chi connectivity index (χ0v) is 13.3. The molecule has 9 heteroatoms. The first-order chi connectivity index (χ1) is 9.82. The van der Waals surface area contributed by atoms with Crippen LogP contribution in [-0.4, -0.2) is 60.0 Å². The van der Waals surface area contributed by atoms with Crippen molar-refractivity contribution in [2.24, 2.45) is 0 Å². The maximum Gasteiger partial charge on any atom is 0.254 e. The number of aliphatic hydroxyl groups excluding tert-OH is 1. The summed E-state index contributed by atoms with van der Waals surface area (Å²) in [4.78, 5) is 17.6. The second kappa shape index (κ2) is 6.48. The molecule has 1 fully saturated rings. The van der Waals surface area contributed by atoms with E-state index in [4.69, 9.17) is 28.3 Å². The van der Waals surface area contributed by atoms with Gasteiger partial charge in [-0.1, -0.05) is 23.2 Å². The minimum atomic E-state index is -3.13. The summed E-state index contributed by atoms with van der Waals surface area (Å²) in [6, 6.07) is 2.29. The molecular formula is C12H14Cl2N2O4S. The molecule has 1 N–H and O–H groups in total. The quantitative estimate of drug-likeness (QED) is 0.817. The molecule has 1 saturated heterocycles. The van der Waals surface area contributed by atoms with Crippen LogP contribution in [-0.2, 0) is 9.84 Å². The summed E-state index contributed by atoms with van der Waals surface area (Å²) in [5.41, 5.74) is 0.220. The predicted molar refractivity (Wildman–Crippen MR) is 79.4 cm³/mol. The van der Waals surface area contributed by atoms with Crippen LogP contribution in [0.3, 0.4) is 0 Å². The van der Waals surface area contributed by atoms with Gasteiger partial charge in [-0.3, -0.25) is 4.79 Å². The van der Waals surface area contributed by atoms with E-state index >= 15 is 0 Å². The summed E-state index contributed by atoms with van der Waals surface area (Å²) in [5.74, 6) is -0.465. The van der Waals surface area contributed by atoms with Gasteiger partial charge in [0.1, 0.15) is 10.3 Å². The second-order valence-corrected chi connectivity index (χ2v) is 7.78. The molecule has 1 atom stereocenters. The third-order valence-electron chi connectivity index (χ3n) is 3.26. The monoisotopic (exact) mass is 352 g/mol. The van der Waals surface area contributed by atoms with Crippen molar-refractivity contribution in [1.82, 2.24) is 9.88 Å². The highest BCUT2D eigenvalue weighted by molar-refractivity contribution is 7.91. The molecule has 116 valence electrons. The van der Waals surface area contributed by atoms with E-state index in [9.17, 15) is 13.2 Å². The van der Waals surface area contributed by atoms with Crippen molar-refractivity contribution in [3.8, 4) is 0 Å². The van der Waals surface area contributed by atoms with Gasteiger partial charge in [-0.15, -0.1) is 0 Å². The summed E-state index contributed by atoms with van der Waals surface area (Å²) in [6.45, 7) is -0.203. The first kappa shape index (κ1) is 16.5. The van der Waals surface area contributed by atoms with Crippen molar-refractivity contribution < 1.29 is 18.3 Å². The summed E-state index contributed by atoms with van der Waals surface area (Å²) >= 11 is 11.5. The summed E-state index contributed by atoms with van der Waals surface area (Å²) in [7, 11) is -3.13. The van der Waals surface area contributed by atoms with Gasteiger partial charge in [0.25, 0.3) is 5.91 Å². The molecule has 0 spiro atoms. The third kappa shape index (κ3) is 4.06. The van der Waals surface area contributed by atoms with Crippen LogP contribution >= 0.6 is 23.2 Å². The van der Waals surface area contributed by atoms with Crippen LogP contribution in [0, 0.1) is 0 Å². The van der Waals surface area contributed by atoms with Gasteiger partial charge in [0.15, 0.2) is 9.84 Å². The van der Waals surface area contributed by atoms with Gasteiger partial charge in [0, 0.05) is 18.2 Å². The van der Waals surface area contributed by atoms with Crippen LogP contribution in [0.2, 0.25) is 10.3 Å². The largest absolute Gasteiger partial charge is 0.395 e. The molecular weight excluding hydrogens is 339 g/mol. The van der Waals surface area contributed by atoms with Crippen LogP contribution in [0.4, 0.5) is 0 Å². The van der Waals surface area contributed by atoms with E-state index in [2.05, 4.69) is 4.98 Å². The fourth-order valence-corrected chi connectivity index (χ4v) is 4.52. The van der Waals surface area contributed by atoms with Gasteiger partial charge in [0.05, 0.1) is 18.1 Å². The Hall–Kier alpha value is -0.890. The minimum Gasteiger partial charge on any atom is -0.395 e. The first-order valence-corrected chi connectivity index (χ1v) is 8.85. The van der Waals surface area contributed by atoms with Crippen molar-refractivity contribution in [2.75, 3.05) is 24.7 Å². The number of hydrogen-bond donors (Lipinski definition) is 1. The third-order valence-corrected chi connectivity index (χ3v) is 5.40. The second-order valence-electron chi connectivity index (χ2n) is 4.78. The Labute approximate surface area is 132 Å². The number of aromatic nitrogens is 1. The van der Waals surface area contributed by atoms with E-state index in [-0.39, 0.29) is 40.5 Å². The van der Waals surface area contributed by atoms with E-state index in [1.807, 2.05) is 0 Å². The maximum absolute atomic E-state index is 12.5. The maximum atomic E-state index is 12.5. The smallest absolute Gasteiger partial charge is 0.254 e. The molecule has 1 amide bonds. The molecule has 2 heterocycles. The summed E-state index contributed by atoms with van der Waals surface area (Å²) < 4.78 is 23.1. The van der Waals surface area contributed by atoms with Gasteiger partial charge < -0.3 is 10.0 Å². The van der Waals surface area contributed by atoms with E-state index in [1.54, 1.807) is 0 Å². The Bertz CT molecular complexity index is 630. The number of sulfone groups is 1. The predicted octanol–water partition coefficient (Wildman–Crippen LogP) is 1.01. The molecule has 1 unspecified atom stereocenters. The lowest BCUT2D eigenvalue weighted by atomic mass is 10.1. The van der Waals surface area contributed by atoms with Crippen LogP contribution in [0.15, 0.2) is 12.1 Å². The number of aliphatic hydroxyl groups is 1. The Kier molecular flexibility index (Phi) is 5.08. The number of rotatable bonds is 4. The number of nitrogens with zero attached hydrogens (tertiary/aromatic N) is 2. The molecule has 1 aromatic rings. The molecule has 0 aromatic carbocycles.